The highest BCUT2D eigenvalue weighted by Gasteiger charge is 2.12. The quantitative estimate of drug-likeness (QED) is 0.681. The normalized spacial score (nSPS) is 11.6. The summed E-state index contributed by atoms with van der Waals surface area (Å²) in [5, 5.41) is 10.5. The standard InChI is InChI=1S/C20H18FNO4S/c1-22-27(25,26)18-6-2-13(3-7-18)8-16-10-14(11-20(23)24)9-15-4-5-17(21)12-19(15)16/h2-7,9-10,12,22H,8,11H2,1H3,(H,23,24). The van der Waals surface area contributed by atoms with Crippen LogP contribution in [0.25, 0.3) is 10.8 Å². The average molecular weight is 387 g/mol. The van der Waals surface area contributed by atoms with Crippen LogP contribution in [0, 0.1) is 5.82 Å². The van der Waals surface area contributed by atoms with Crippen molar-refractivity contribution in [1.29, 1.82) is 0 Å². The Morgan fingerprint density at radius 1 is 1.04 bits per heavy atom. The molecule has 0 aliphatic heterocycles. The second-order valence-corrected chi connectivity index (χ2v) is 8.11. The smallest absolute Gasteiger partial charge is 0.307 e. The summed E-state index contributed by atoms with van der Waals surface area (Å²) in [7, 11) is -2.17. The lowest BCUT2D eigenvalue weighted by molar-refractivity contribution is -0.136. The van der Waals surface area contributed by atoms with Gasteiger partial charge in [0.25, 0.3) is 0 Å². The lowest BCUT2D eigenvalue weighted by atomic mass is 9.95. The van der Waals surface area contributed by atoms with Crippen LogP contribution in [0.3, 0.4) is 0 Å². The molecule has 0 bridgehead atoms. The van der Waals surface area contributed by atoms with Gasteiger partial charge in [-0.05, 0) is 65.2 Å². The molecule has 3 aromatic carbocycles. The predicted molar refractivity (Wildman–Crippen MR) is 101 cm³/mol. The molecule has 0 amide bonds. The Hall–Kier alpha value is -2.77. The zero-order valence-corrected chi connectivity index (χ0v) is 15.4. The van der Waals surface area contributed by atoms with Crippen LogP contribution in [0.5, 0.6) is 0 Å². The molecular weight excluding hydrogens is 369 g/mol. The molecule has 0 saturated carbocycles. The van der Waals surface area contributed by atoms with E-state index in [1.165, 1.54) is 31.3 Å². The maximum atomic E-state index is 13.7. The van der Waals surface area contributed by atoms with Crippen molar-refractivity contribution >= 4 is 26.8 Å². The third-order valence-corrected chi connectivity index (χ3v) is 5.74. The van der Waals surface area contributed by atoms with Crippen LogP contribution in [0.1, 0.15) is 16.7 Å². The van der Waals surface area contributed by atoms with Crippen LogP contribution >= 0.6 is 0 Å². The highest BCUT2D eigenvalue weighted by atomic mass is 32.2. The predicted octanol–water partition coefficient (Wildman–Crippen LogP) is 3.10. The summed E-state index contributed by atoms with van der Waals surface area (Å²) in [6, 6.07) is 14.3. The fourth-order valence-electron chi connectivity index (χ4n) is 3.02. The number of hydrogen-bond acceptors (Lipinski definition) is 3. The van der Waals surface area contributed by atoms with E-state index in [1.54, 1.807) is 30.3 Å². The summed E-state index contributed by atoms with van der Waals surface area (Å²) >= 11 is 0. The fraction of sp³-hybridized carbons (Fsp3) is 0.150. The molecule has 0 fully saturated rings. The third kappa shape index (κ3) is 4.32. The minimum atomic E-state index is -3.51. The molecule has 3 aromatic rings. The summed E-state index contributed by atoms with van der Waals surface area (Å²) in [4.78, 5) is 11.2. The molecule has 0 spiro atoms. The van der Waals surface area contributed by atoms with Gasteiger partial charge < -0.3 is 5.11 Å². The van der Waals surface area contributed by atoms with Crippen molar-refractivity contribution in [3.8, 4) is 0 Å². The van der Waals surface area contributed by atoms with Gasteiger partial charge >= 0.3 is 5.97 Å². The fourth-order valence-corrected chi connectivity index (χ4v) is 3.75. The highest BCUT2D eigenvalue weighted by Crippen LogP contribution is 2.25. The first kappa shape index (κ1) is 19.0. The molecule has 0 saturated heterocycles. The average Bonchev–Trinajstić information content (AvgIpc) is 2.62. The Morgan fingerprint density at radius 3 is 2.37 bits per heavy atom. The van der Waals surface area contributed by atoms with Crippen molar-refractivity contribution in [2.75, 3.05) is 7.05 Å². The number of fused-ring (bicyclic) bond motifs is 1. The van der Waals surface area contributed by atoms with Gasteiger partial charge in [-0.2, -0.15) is 0 Å². The summed E-state index contributed by atoms with van der Waals surface area (Å²) < 4.78 is 39.6. The van der Waals surface area contributed by atoms with Gasteiger partial charge in [0, 0.05) is 0 Å². The molecule has 0 aliphatic carbocycles. The Kier molecular flexibility index (Phi) is 5.25. The van der Waals surface area contributed by atoms with E-state index in [2.05, 4.69) is 4.72 Å². The molecule has 2 N–H and O–H groups in total. The topological polar surface area (TPSA) is 83.5 Å². The molecule has 0 aliphatic rings. The Morgan fingerprint density at radius 2 is 1.74 bits per heavy atom. The van der Waals surface area contributed by atoms with Gasteiger partial charge in [0.2, 0.25) is 10.0 Å². The number of carbonyl (C=O) groups is 1. The number of rotatable bonds is 6. The number of sulfonamides is 1. The van der Waals surface area contributed by atoms with E-state index in [0.29, 0.717) is 17.4 Å². The minimum absolute atomic E-state index is 0.125. The maximum absolute atomic E-state index is 13.7. The van der Waals surface area contributed by atoms with E-state index in [0.717, 1.165) is 16.5 Å². The van der Waals surface area contributed by atoms with Crippen LogP contribution in [-0.4, -0.2) is 26.5 Å². The molecule has 27 heavy (non-hydrogen) atoms. The van der Waals surface area contributed by atoms with Crippen LogP contribution < -0.4 is 4.72 Å². The molecule has 7 heteroatoms. The number of benzene rings is 3. The summed E-state index contributed by atoms with van der Waals surface area (Å²) in [6.07, 6.45) is 0.299. The first-order valence-electron chi connectivity index (χ1n) is 8.24. The number of carboxylic acid groups (broad SMARTS) is 1. The van der Waals surface area contributed by atoms with Crippen LogP contribution in [0.15, 0.2) is 59.5 Å². The number of nitrogens with one attached hydrogen (secondary N) is 1. The molecule has 0 atom stereocenters. The zero-order chi connectivity index (χ0) is 19.6. The maximum Gasteiger partial charge on any atom is 0.307 e. The Balaban J connectivity index is 2.02. The number of hydrogen-bond donors (Lipinski definition) is 2. The SMILES string of the molecule is CNS(=O)(=O)c1ccc(Cc2cc(CC(=O)O)cc3ccc(F)cc23)cc1. The molecule has 0 aromatic heterocycles. The van der Waals surface area contributed by atoms with Gasteiger partial charge in [-0.3, -0.25) is 4.79 Å². The molecular formula is C20H18FNO4S. The Bertz CT molecular complexity index is 1110. The second-order valence-electron chi connectivity index (χ2n) is 6.22. The highest BCUT2D eigenvalue weighted by molar-refractivity contribution is 7.89. The van der Waals surface area contributed by atoms with Gasteiger partial charge in [0.05, 0.1) is 11.3 Å². The first-order chi connectivity index (χ1) is 12.8. The van der Waals surface area contributed by atoms with Gasteiger partial charge in [0.15, 0.2) is 0 Å². The van der Waals surface area contributed by atoms with E-state index in [1.807, 2.05) is 0 Å². The largest absolute Gasteiger partial charge is 0.481 e. The van der Waals surface area contributed by atoms with E-state index >= 15 is 0 Å². The van der Waals surface area contributed by atoms with Gasteiger partial charge in [-0.25, -0.2) is 17.5 Å². The lowest BCUT2D eigenvalue weighted by Crippen LogP contribution is -2.18. The van der Waals surface area contributed by atoms with Gasteiger partial charge in [0.1, 0.15) is 5.82 Å². The van der Waals surface area contributed by atoms with E-state index in [-0.39, 0.29) is 17.1 Å². The van der Waals surface area contributed by atoms with Crippen LogP contribution in [-0.2, 0) is 27.7 Å². The van der Waals surface area contributed by atoms with Crippen molar-refractivity contribution in [2.45, 2.75) is 17.7 Å². The monoisotopic (exact) mass is 387 g/mol. The van der Waals surface area contributed by atoms with E-state index < -0.39 is 16.0 Å². The minimum Gasteiger partial charge on any atom is -0.481 e. The van der Waals surface area contributed by atoms with Crippen molar-refractivity contribution in [2.24, 2.45) is 0 Å². The Labute approximate surface area is 156 Å². The summed E-state index contributed by atoms with van der Waals surface area (Å²) in [5.74, 6) is -1.31. The van der Waals surface area contributed by atoms with E-state index in [9.17, 15) is 17.6 Å². The van der Waals surface area contributed by atoms with Crippen molar-refractivity contribution in [3.05, 3.63) is 77.1 Å². The number of aliphatic carboxylic acids is 1. The second kappa shape index (κ2) is 7.46. The molecule has 0 radical (unpaired) electrons. The van der Waals surface area contributed by atoms with Gasteiger partial charge in [-0.1, -0.05) is 30.3 Å². The van der Waals surface area contributed by atoms with Crippen LogP contribution in [0.2, 0.25) is 0 Å². The molecule has 3 rings (SSSR count). The van der Waals surface area contributed by atoms with Gasteiger partial charge in [-0.15, -0.1) is 0 Å². The summed E-state index contributed by atoms with van der Waals surface area (Å²) in [5.41, 5.74) is 2.25. The molecule has 5 nitrogen and oxygen atoms in total. The number of halogens is 1. The van der Waals surface area contributed by atoms with Crippen molar-refractivity contribution < 1.29 is 22.7 Å². The molecule has 0 heterocycles. The zero-order valence-electron chi connectivity index (χ0n) is 14.6. The number of carboxylic acids is 1. The third-order valence-electron chi connectivity index (χ3n) is 4.31. The molecule has 0 unspecified atom stereocenters. The van der Waals surface area contributed by atoms with Crippen molar-refractivity contribution in [3.63, 3.8) is 0 Å². The van der Waals surface area contributed by atoms with Crippen LogP contribution in [0.4, 0.5) is 4.39 Å². The molecule has 140 valence electrons. The first-order valence-corrected chi connectivity index (χ1v) is 9.72. The summed E-state index contributed by atoms with van der Waals surface area (Å²) in [6.45, 7) is 0. The van der Waals surface area contributed by atoms with Crippen molar-refractivity contribution in [1.82, 2.24) is 4.72 Å². The van der Waals surface area contributed by atoms with E-state index in [4.69, 9.17) is 5.11 Å². The lowest BCUT2D eigenvalue weighted by Gasteiger charge is -2.11.